The lowest BCUT2D eigenvalue weighted by molar-refractivity contribution is 0.0951. The highest BCUT2D eigenvalue weighted by molar-refractivity contribution is 9.10. The summed E-state index contributed by atoms with van der Waals surface area (Å²) in [5, 5.41) is 4.68. The molecule has 88 valence electrons. The van der Waals surface area contributed by atoms with Crippen LogP contribution in [-0.4, -0.2) is 5.91 Å². The van der Waals surface area contributed by atoms with Gasteiger partial charge in [-0.25, -0.2) is 4.39 Å². The summed E-state index contributed by atoms with van der Waals surface area (Å²) in [6.07, 6.45) is 0. The molecule has 0 aliphatic heterocycles. The summed E-state index contributed by atoms with van der Waals surface area (Å²) in [5.74, 6) is -0.681. The van der Waals surface area contributed by atoms with Crippen molar-refractivity contribution in [1.82, 2.24) is 5.32 Å². The van der Waals surface area contributed by atoms with E-state index in [9.17, 15) is 9.18 Å². The Morgan fingerprint density at radius 3 is 2.88 bits per heavy atom. The molecule has 0 radical (unpaired) electrons. The quantitative estimate of drug-likeness (QED) is 0.922. The van der Waals surface area contributed by atoms with E-state index in [1.165, 1.54) is 18.2 Å². The van der Waals surface area contributed by atoms with E-state index in [4.69, 9.17) is 0 Å². The number of halogens is 2. The third-order valence-corrected chi connectivity index (χ3v) is 4.11. The number of carbonyl (C=O) groups is 1. The number of rotatable bonds is 3. The zero-order valence-corrected chi connectivity index (χ0v) is 11.1. The topological polar surface area (TPSA) is 29.1 Å². The van der Waals surface area contributed by atoms with Crippen LogP contribution in [0.25, 0.3) is 0 Å². The van der Waals surface area contributed by atoms with Crippen molar-refractivity contribution in [2.45, 2.75) is 6.54 Å². The molecule has 0 saturated heterocycles. The highest BCUT2D eigenvalue weighted by atomic mass is 79.9. The average molecular weight is 314 g/mol. The Balaban J connectivity index is 2.01. The van der Waals surface area contributed by atoms with Crippen LogP contribution in [0.2, 0.25) is 0 Å². The van der Waals surface area contributed by atoms with Gasteiger partial charge in [0.25, 0.3) is 5.91 Å². The Hall–Kier alpha value is -1.20. The van der Waals surface area contributed by atoms with Crippen LogP contribution in [0.5, 0.6) is 0 Å². The summed E-state index contributed by atoms with van der Waals surface area (Å²) < 4.78 is 13.9. The maximum atomic E-state index is 12.9. The summed E-state index contributed by atoms with van der Waals surface area (Å²) in [6.45, 7) is 0.438. The normalized spacial score (nSPS) is 10.2. The molecule has 0 aliphatic rings. The average Bonchev–Trinajstić information content (AvgIpc) is 2.72. The van der Waals surface area contributed by atoms with Crippen LogP contribution in [0.4, 0.5) is 4.39 Å². The number of amides is 1. The molecular weight excluding hydrogens is 305 g/mol. The molecule has 2 aromatic rings. The van der Waals surface area contributed by atoms with Crippen molar-refractivity contribution in [3.05, 3.63) is 56.4 Å². The van der Waals surface area contributed by atoms with Crippen molar-refractivity contribution in [2.75, 3.05) is 0 Å². The van der Waals surface area contributed by atoms with E-state index in [0.29, 0.717) is 12.1 Å². The van der Waals surface area contributed by atoms with Gasteiger partial charge in [-0.15, -0.1) is 11.3 Å². The highest BCUT2D eigenvalue weighted by Gasteiger charge is 2.07. The monoisotopic (exact) mass is 313 g/mol. The molecule has 0 unspecified atom stereocenters. The molecule has 1 amide bonds. The lowest BCUT2D eigenvalue weighted by atomic mass is 10.2. The van der Waals surface area contributed by atoms with Gasteiger partial charge in [0.15, 0.2) is 0 Å². The second-order valence-electron chi connectivity index (χ2n) is 3.38. The molecule has 2 rings (SSSR count). The van der Waals surface area contributed by atoms with Gasteiger partial charge in [0.2, 0.25) is 0 Å². The van der Waals surface area contributed by atoms with Gasteiger partial charge in [0.05, 0.1) is 6.54 Å². The van der Waals surface area contributed by atoms with Gasteiger partial charge in [-0.2, -0.15) is 0 Å². The van der Waals surface area contributed by atoms with Crippen LogP contribution in [0.15, 0.2) is 40.2 Å². The summed E-state index contributed by atoms with van der Waals surface area (Å²) in [5.41, 5.74) is 0.331. The van der Waals surface area contributed by atoms with E-state index in [1.807, 2.05) is 11.4 Å². The minimum atomic E-state index is -0.407. The Morgan fingerprint density at radius 1 is 1.41 bits per heavy atom. The number of hydrogen-bond acceptors (Lipinski definition) is 2. The molecular formula is C12H9BrFNOS. The minimum absolute atomic E-state index is 0.273. The molecule has 0 saturated carbocycles. The predicted octanol–water partition coefficient (Wildman–Crippen LogP) is 3.58. The first-order valence-corrected chi connectivity index (χ1v) is 6.60. The van der Waals surface area contributed by atoms with E-state index in [0.717, 1.165) is 9.35 Å². The Kier molecular flexibility index (Phi) is 3.91. The number of benzene rings is 1. The van der Waals surface area contributed by atoms with E-state index in [1.54, 1.807) is 17.4 Å². The van der Waals surface area contributed by atoms with Crippen molar-refractivity contribution in [3.8, 4) is 0 Å². The SMILES string of the molecule is O=C(NCc1sccc1Br)c1cccc(F)c1. The minimum Gasteiger partial charge on any atom is -0.347 e. The Morgan fingerprint density at radius 2 is 2.24 bits per heavy atom. The van der Waals surface area contributed by atoms with Gasteiger partial charge >= 0.3 is 0 Å². The van der Waals surface area contributed by atoms with Gasteiger partial charge in [-0.3, -0.25) is 4.79 Å². The molecule has 1 aromatic heterocycles. The Bertz CT molecular complexity index is 541. The molecule has 17 heavy (non-hydrogen) atoms. The van der Waals surface area contributed by atoms with Crippen LogP contribution in [0.3, 0.4) is 0 Å². The van der Waals surface area contributed by atoms with Crippen molar-refractivity contribution in [3.63, 3.8) is 0 Å². The standard InChI is InChI=1S/C12H9BrFNOS/c13-10-4-5-17-11(10)7-15-12(16)8-2-1-3-9(14)6-8/h1-6H,7H2,(H,15,16). The molecule has 0 spiro atoms. The fourth-order valence-electron chi connectivity index (χ4n) is 1.34. The van der Waals surface area contributed by atoms with Crippen molar-refractivity contribution < 1.29 is 9.18 Å². The van der Waals surface area contributed by atoms with Crippen LogP contribution in [0.1, 0.15) is 15.2 Å². The van der Waals surface area contributed by atoms with Gasteiger partial charge < -0.3 is 5.32 Å². The van der Waals surface area contributed by atoms with Gasteiger partial charge in [-0.1, -0.05) is 6.07 Å². The fraction of sp³-hybridized carbons (Fsp3) is 0.0833. The van der Waals surface area contributed by atoms with Crippen LogP contribution >= 0.6 is 27.3 Å². The third kappa shape index (κ3) is 3.14. The maximum Gasteiger partial charge on any atom is 0.251 e. The molecule has 1 heterocycles. The zero-order chi connectivity index (χ0) is 12.3. The molecule has 1 aromatic carbocycles. The van der Waals surface area contributed by atoms with Crippen LogP contribution < -0.4 is 5.32 Å². The number of thiophene rings is 1. The van der Waals surface area contributed by atoms with Crippen molar-refractivity contribution in [1.29, 1.82) is 0 Å². The molecule has 0 bridgehead atoms. The molecule has 0 aliphatic carbocycles. The van der Waals surface area contributed by atoms with E-state index in [-0.39, 0.29) is 5.91 Å². The molecule has 1 N–H and O–H groups in total. The molecule has 0 fully saturated rings. The molecule has 0 atom stereocenters. The maximum absolute atomic E-state index is 12.9. The van der Waals surface area contributed by atoms with Gasteiger partial charge in [-0.05, 0) is 45.6 Å². The van der Waals surface area contributed by atoms with Gasteiger partial charge in [0, 0.05) is 14.9 Å². The second kappa shape index (κ2) is 5.42. The number of hydrogen-bond donors (Lipinski definition) is 1. The smallest absolute Gasteiger partial charge is 0.251 e. The first kappa shape index (κ1) is 12.3. The second-order valence-corrected chi connectivity index (χ2v) is 5.24. The molecule has 2 nitrogen and oxygen atoms in total. The van der Waals surface area contributed by atoms with Gasteiger partial charge in [0.1, 0.15) is 5.82 Å². The largest absolute Gasteiger partial charge is 0.347 e. The third-order valence-electron chi connectivity index (χ3n) is 2.19. The fourth-order valence-corrected chi connectivity index (χ4v) is 2.78. The van der Waals surface area contributed by atoms with Crippen LogP contribution in [-0.2, 0) is 6.54 Å². The summed E-state index contributed by atoms with van der Waals surface area (Å²) >= 11 is 4.94. The molecule has 5 heteroatoms. The summed E-state index contributed by atoms with van der Waals surface area (Å²) in [7, 11) is 0. The first-order valence-electron chi connectivity index (χ1n) is 4.92. The summed E-state index contributed by atoms with van der Waals surface area (Å²) in [6, 6.07) is 7.56. The first-order chi connectivity index (χ1) is 8.16. The predicted molar refractivity (Wildman–Crippen MR) is 69.6 cm³/mol. The lowest BCUT2D eigenvalue weighted by Crippen LogP contribution is -2.22. The van der Waals surface area contributed by atoms with E-state index in [2.05, 4.69) is 21.2 Å². The highest BCUT2D eigenvalue weighted by Crippen LogP contribution is 2.22. The van der Waals surface area contributed by atoms with Crippen molar-refractivity contribution >= 4 is 33.2 Å². The Labute approximate surface area is 111 Å². The van der Waals surface area contributed by atoms with E-state index < -0.39 is 5.82 Å². The van der Waals surface area contributed by atoms with Crippen LogP contribution in [0, 0.1) is 5.82 Å². The zero-order valence-electron chi connectivity index (χ0n) is 8.74. The number of nitrogens with one attached hydrogen (secondary N) is 1. The van der Waals surface area contributed by atoms with Crippen molar-refractivity contribution in [2.24, 2.45) is 0 Å². The lowest BCUT2D eigenvalue weighted by Gasteiger charge is -2.04. The number of carbonyl (C=O) groups excluding carboxylic acids is 1. The van der Waals surface area contributed by atoms with E-state index >= 15 is 0 Å². The summed E-state index contributed by atoms with van der Waals surface area (Å²) in [4.78, 5) is 12.8.